The van der Waals surface area contributed by atoms with Crippen LogP contribution >= 0.6 is 0 Å². The standard InChI is InChI=1S/C24H34N2O5/c1-4-7-20(28)26(12-10-15(2)3)18-14-17(24(30)25-11-13-27)21-16-8-5-6-9-19(16)31-23(21)22(18)29/h5-6,8-9,14-15,18,21-23,27,29H,4,7,10-13H2,1-3H3,(H,25,30). The fraction of sp³-hybridized carbons (Fsp3) is 0.583. The number of aliphatic hydroxyl groups is 2. The van der Waals surface area contributed by atoms with Gasteiger partial charge in [0, 0.05) is 30.6 Å². The van der Waals surface area contributed by atoms with Crippen molar-refractivity contribution in [2.24, 2.45) is 5.92 Å². The van der Waals surface area contributed by atoms with Crippen molar-refractivity contribution in [3.05, 3.63) is 41.5 Å². The minimum atomic E-state index is -0.959. The predicted octanol–water partition coefficient (Wildman–Crippen LogP) is 1.98. The first-order valence-corrected chi connectivity index (χ1v) is 11.2. The van der Waals surface area contributed by atoms with E-state index in [4.69, 9.17) is 9.84 Å². The molecule has 1 aliphatic carbocycles. The monoisotopic (exact) mass is 430 g/mol. The van der Waals surface area contributed by atoms with Gasteiger partial charge in [-0.2, -0.15) is 0 Å². The number of benzene rings is 1. The molecule has 4 atom stereocenters. The summed E-state index contributed by atoms with van der Waals surface area (Å²) in [5.41, 5.74) is 1.32. The van der Waals surface area contributed by atoms with Gasteiger partial charge in [-0.1, -0.05) is 39.0 Å². The van der Waals surface area contributed by atoms with Gasteiger partial charge in [0.25, 0.3) is 0 Å². The molecule has 2 amide bonds. The van der Waals surface area contributed by atoms with Crippen molar-refractivity contribution in [1.82, 2.24) is 10.2 Å². The molecule has 3 N–H and O–H groups in total. The quantitative estimate of drug-likeness (QED) is 0.556. The number of nitrogens with zero attached hydrogens (tertiary/aromatic N) is 1. The van der Waals surface area contributed by atoms with E-state index in [1.807, 2.05) is 31.2 Å². The molecule has 0 saturated carbocycles. The average Bonchev–Trinajstić information content (AvgIpc) is 3.13. The summed E-state index contributed by atoms with van der Waals surface area (Å²) in [6.45, 7) is 6.61. The molecule has 1 aromatic carbocycles. The summed E-state index contributed by atoms with van der Waals surface area (Å²) in [5, 5.41) is 23.2. The second-order valence-corrected chi connectivity index (χ2v) is 8.70. The van der Waals surface area contributed by atoms with E-state index in [-0.39, 0.29) is 25.0 Å². The number of ether oxygens (including phenoxy) is 1. The molecule has 0 saturated heterocycles. The van der Waals surface area contributed by atoms with E-state index >= 15 is 0 Å². The first-order valence-electron chi connectivity index (χ1n) is 11.2. The van der Waals surface area contributed by atoms with Gasteiger partial charge < -0.3 is 25.2 Å². The molecule has 1 aliphatic heterocycles. The van der Waals surface area contributed by atoms with Crippen LogP contribution in [0, 0.1) is 5.92 Å². The van der Waals surface area contributed by atoms with Crippen molar-refractivity contribution < 1.29 is 24.5 Å². The Morgan fingerprint density at radius 1 is 1.26 bits per heavy atom. The lowest BCUT2D eigenvalue weighted by molar-refractivity contribution is -0.137. The lowest BCUT2D eigenvalue weighted by atomic mass is 9.77. The van der Waals surface area contributed by atoms with E-state index in [0.29, 0.717) is 36.6 Å². The van der Waals surface area contributed by atoms with Crippen LogP contribution in [0.15, 0.2) is 35.9 Å². The Morgan fingerprint density at radius 2 is 2.00 bits per heavy atom. The topological polar surface area (TPSA) is 99.1 Å². The van der Waals surface area contributed by atoms with Gasteiger partial charge >= 0.3 is 0 Å². The lowest BCUT2D eigenvalue weighted by Crippen LogP contribution is -2.56. The second kappa shape index (κ2) is 10.3. The number of carbonyl (C=O) groups is 2. The minimum absolute atomic E-state index is 0.0347. The number of aliphatic hydroxyl groups excluding tert-OH is 2. The van der Waals surface area contributed by atoms with Gasteiger partial charge in [-0.15, -0.1) is 0 Å². The van der Waals surface area contributed by atoms with Crippen molar-refractivity contribution in [1.29, 1.82) is 0 Å². The van der Waals surface area contributed by atoms with Crippen molar-refractivity contribution in [3.8, 4) is 5.75 Å². The van der Waals surface area contributed by atoms with Gasteiger partial charge in [0.15, 0.2) is 0 Å². The van der Waals surface area contributed by atoms with E-state index in [2.05, 4.69) is 19.2 Å². The lowest BCUT2D eigenvalue weighted by Gasteiger charge is -2.41. The van der Waals surface area contributed by atoms with Gasteiger partial charge in [-0.25, -0.2) is 0 Å². The molecule has 2 aliphatic rings. The highest BCUT2D eigenvalue weighted by Gasteiger charge is 2.50. The maximum atomic E-state index is 13.0. The molecule has 3 rings (SSSR count). The van der Waals surface area contributed by atoms with Gasteiger partial charge in [-0.05, 0) is 30.9 Å². The number of amides is 2. The molecule has 1 heterocycles. The zero-order chi connectivity index (χ0) is 22.5. The van der Waals surface area contributed by atoms with E-state index in [1.54, 1.807) is 11.0 Å². The summed E-state index contributed by atoms with van der Waals surface area (Å²) in [5.74, 6) is 0.273. The van der Waals surface area contributed by atoms with Crippen LogP contribution in [-0.4, -0.2) is 64.9 Å². The SMILES string of the molecule is CCCC(=O)N(CCC(C)C)C1C=C(C(=O)NCCO)C2c3ccccc3OC2C1O. The zero-order valence-electron chi connectivity index (χ0n) is 18.6. The molecule has 1 aromatic rings. The summed E-state index contributed by atoms with van der Waals surface area (Å²) in [4.78, 5) is 27.7. The van der Waals surface area contributed by atoms with Crippen molar-refractivity contribution in [3.63, 3.8) is 0 Å². The third kappa shape index (κ3) is 4.93. The average molecular weight is 431 g/mol. The molecule has 4 unspecified atom stereocenters. The largest absolute Gasteiger partial charge is 0.486 e. The van der Waals surface area contributed by atoms with Crippen LogP contribution in [0.1, 0.15) is 51.5 Å². The Balaban J connectivity index is 2.01. The van der Waals surface area contributed by atoms with Gasteiger partial charge in [0.2, 0.25) is 11.8 Å². The number of nitrogens with one attached hydrogen (secondary N) is 1. The predicted molar refractivity (Wildman–Crippen MR) is 118 cm³/mol. The number of para-hydroxylation sites is 1. The summed E-state index contributed by atoms with van der Waals surface area (Å²) in [7, 11) is 0. The van der Waals surface area contributed by atoms with E-state index < -0.39 is 24.2 Å². The second-order valence-electron chi connectivity index (χ2n) is 8.70. The summed E-state index contributed by atoms with van der Waals surface area (Å²) < 4.78 is 6.10. The maximum Gasteiger partial charge on any atom is 0.247 e. The van der Waals surface area contributed by atoms with E-state index in [1.165, 1.54) is 0 Å². The highest BCUT2D eigenvalue weighted by molar-refractivity contribution is 5.96. The smallest absolute Gasteiger partial charge is 0.247 e. The molecule has 31 heavy (non-hydrogen) atoms. The summed E-state index contributed by atoms with van der Waals surface area (Å²) in [6, 6.07) is 6.82. The molecular weight excluding hydrogens is 396 g/mol. The van der Waals surface area contributed by atoms with Crippen LogP contribution in [0.25, 0.3) is 0 Å². The Hall–Kier alpha value is -2.38. The molecule has 0 aromatic heterocycles. The normalized spacial score (nSPS) is 24.1. The molecule has 7 heteroatoms. The van der Waals surface area contributed by atoms with E-state index in [9.17, 15) is 14.7 Å². The number of fused-ring (bicyclic) bond motifs is 3. The molecule has 0 fully saturated rings. The fourth-order valence-corrected chi connectivity index (χ4v) is 4.39. The van der Waals surface area contributed by atoms with Crippen LogP contribution in [0.3, 0.4) is 0 Å². The molecule has 170 valence electrons. The highest BCUT2D eigenvalue weighted by Crippen LogP contribution is 2.47. The Labute approximate surface area is 184 Å². The zero-order valence-corrected chi connectivity index (χ0v) is 18.6. The van der Waals surface area contributed by atoms with Crippen molar-refractivity contribution >= 4 is 11.8 Å². The van der Waals surface area contributed by atoms with Crippen LogP contribution < -0.4 is 10.1 Å². The Bertz CT molecular complexity index is 822. The third-order valence-corrected chi connectivity index (χ3v) is 5.97. The molecule has 7 nitrogen and oxygen atoms in total. The summed E-state index contributed by atoms with van der Waals surface area (Å²) in [6.07, 6.45) is 2.02. The fourth-order valence-electron chi connectivity index (χ4n) is 4.39. The number of hydrogen-bond donors (Lipinski definition) is 3. The van der Waals surface area contributed by atoms with Crippen LogP contribution in [0.2, 0.25) is 0 Å². The summed E-state index contributed by atoms with van der Waals surface area (Å²) >= 11 is 0. The number of hydrogen-bond acceptors (Lipinski definition) is 5. The van der Waals surface area contributed by atoms with Crippen molar-refractivity contribution in [2.75, 3.05) is 19.7 Å². The first-order chi connectivity index (χ1) is 14.9. The maximum absolute atomic E-state index is 13.0. The van der Waals surface area contributed by atoms with Crippen LogP contribution in [0.4, 0.5) is 0 Å². The van der Waals surface area contributed by atoms with Crippen LogP contribution in [0.5, 0.6) is 5.75 Å². The van der Waals surface area contributed by atoms with E-state index in [0.717, 1.165) is 12.0 Å². The van der Waals surface area contributed by atoms with Gasteiger partial charge in [0.1, 0.15) is 18.0 Å². The van der Waals surface area contributed by atoms with Gasteiger partial charge in [-0.3, -0.25) is 9.59 Å². The van der Waals surface area contributed by atoms with Gasteiger partial charge in [0.05, 0.1) is 18.6 Å². The van der Waals surface area contributed by atoms with Crippen LogP contribution in [-0.2, 0) is 9.59 Å². The van der Waals surface area contributed by atoms with Crippen molar-refractivity contribution in [2.45, 2.75) is 64.2 Å². The first kappa shape index (κ1) is 23.3. The molecule has 0 radical (unpaired) electrons. The molecular formula is C24H34N2O5. The molecule has 0 spiro atoms. The Morgan fingerprint density at radius 3 is 2.68 bits per heavy atom. The number of carbonyl (C=O) groups excluding carboxylic acids is 2. The number of rotatable bonds is 9. The Kier molecular flexibility index (Phi) is 7.73. The third-order valence-electron chi connectivity index (χ3n) is 5.97. The minimum Gasteiger partial charge on any atom is -0.486 e. The molecule has 0 bridgehead atoms. The highest BCUT2D eigenvalue weighted by atomic mass is 16.5.